The summed E-state index contributed by atoms with van der Waals surface area (Å²) in [5, 5.41) is 3.47. The first kappa shape index (κ1) is 17.3. The molecule has 2 aromatic carbocycles. The van der Waals surface area contributed by atoms with Crippen LogP contribution in [0.15, 0.2) is 42.5 Å². The maximum absolute atomic E-state index is 12.1. The van der Waals surface area contributed by atoms with Crippen molar-refractivity contribution in [3.05, 3.63) is 63.6 Å². The Balaban J connectivity index is 2.01. The predicted molar refractivity (Wildman–Crippen MR) is 91.2 cm³/mol. The molecule has 0 unspecified atom stereocenters. The van der Waals surface area contributed by atoms with E-state index in [1.54, 1.807) is 43.3 Å². The molecule has 0 aromatic heterocycles. The van der Waals surface area contributed by atoms with Gasteiger partial charge in [0.1, 0.15) is 0 Å². The Hall–Kier alpha value is -2.04. The number of carbonyl (C=O) groups is 2. The lowest BCUT2D eigenvalue weighted by atomic mass is 10.1. The lowest BCUT2D eigenvalue weighted by Gasteiger charge is -2.07. The van der Waals surface area contributed by atoms with Gasteiger partial charge in [-0.2, -0.15) is 0 Å². The molecule has 2 aromatic rings. The smallest absolute Gasteiger partial charge is 0.310 e. The average Bonchev–Trinajstić information content (AvgIpc) is 2.52. The van der Waals surface area contributed by atoms with Gasteiger partial charge in [-0.1, -0.05) is 35.3 Å². The second-order valence-electron chi connectivity index (χ2n) is 4.76. The van der Waals surface area contributed by atoms with Crippen molar-refractivity contribution in [2.45, 2.75) is 13.3 Å². The molecule has 2 rings (SSSR count). The summed E-state index contributed by atoms with van der Waals surface area (Å²) >= 11 is 11.7. The zero-order valence-electron chi connectivity index (χ0n) is 12.4. The topological polar surface area (TPSA) is 55.4 Å². The van der Waals surface area contributed by atoms with Gasteiger partial charge < -0.3 is 10.1 Å². The van der Waals surface area contributed by atoms with E-state index >= 15 is 0 Å². The van der Waals surface area contributed by atoms with Gasteiger partial charge in [-0.3, -0.25) is 9.59 Å². The fourth-order valence-corrected chi connectivity index (χ4v) is 2.22. The molecule has 1 N–H and O–H groups in total. The van der Waals surface area contributed by atoms with Gasteiger partial charge in [0.2, 0.25) is 0 Å². The summed E-state index contributed by atoms with van der Waals surface area (Å²) in [5.41, 5.74) is 1.85. The minimum Gasteiger partial charge on any atom is -0.466 e. The highest BCUT2D eigenvalue weighted by atomic mass is 35.5. The van der Waals surface area contributed by atoms with Crippen LogP contribution in [0.3, 0.4) is 0 Å². The van der Waals surface area contributed by atoms with Crippen LogP contribution in [-0.2, 0) is 16.0 Å². The lowest BCUT2D eigenvalue weighted by Crippen LogP contribution is -2.12. The van der Waals surface area contributed by atoms with E-state index in [0.717, 1.165) is 5.56 Å². The molecule has 0 atom stereocenters. The molecule has 0 aliphatic carbocycles. The molecule has 0 aliphatic heterocycles. The molecule has 0 radical (unpaired) electrons. The van der Waals surface area contributed by atoms with E-state index < -0.39 is 0 Å². The van der Waals surface area contributed by atoms with E-state index in [4.69, 9.17) is 27.9 Å². The van der Waals surface area contributed by atoms with Crippen molar-refractivity contribution in [2.75, 3.05) is 11.9 Å². The Labute approximate surface area is 144 Å². The summed E-state index contributed by atoms with van der Waals surface area (Å²) in [6.07, 6.45) is 0.203. The predicted octanol–water partition coefficient (Wildman–Crippen LogP) is 4.35. The highest BCUT2D eigenvalue weighted by molar-refractivity contribution is 6.42. The summed E-state index contributed by atoms with van der Waals surface area (Å²) in [7, 11) is 0. The van der Waals surface area contributed by atoms with Gasteiger partial charge in [-0.25, -0.2) is 0 Å². The molecule has 120 valence electrons. The third-order valence-electron chi connectivity index (χ3n) is 3.05. The van der Waals surface area contributed by atoms with Crippen molar-refractivity contribution < 1.29 is 14.3 Å². The third kappa shape index (κ3) is 4.98. The number of esters is 1. The summed E-state index contributed by atoms with van der Waals surface area (Å²) in [6.45, 7) is 2.12. The normalized spacial score (nSPS) is 10.2. The SMILES string of the molecule is CCOC(=O)Cc1ccc(NC(=O)c2ccc(Cl)c(Cl)c2)cc1. The van der Waals surface area contributed by atoms with E-state index in [1.165, 1.54) is 6.07 Å². The second kappa shape index (κ2) is 7.99. The summed E-state index contributed by atoms with van der Waals surface area (Å²) in [4.78, 5) is 23.5. The van der Waals surface area contributed by atoms with Gasteiger partial charge in [0.05, 0.1) is 23.1 Å². The monoisotopic (exact) mass is 351 g/mol. The summed E-state index contributed by atoms with van der Waals surface area (Å²) in [5.74, 6) is -0.568. The summed E-state index contributed by atoms with van der Waals surface area (Å²) < 4.78 is 4.89. The first-order valence-electron chi connectivity index (χ1n) is 7.00. The molecule has 0 saturated heterocycles. The number of hydrogen-bond donors (Lipinski definition) is 1. The van der Waals surface area contributed by atoms with Gasteiger partial charge in [-0.15, -0.1) is 0 Å². The van der Waals surface area contributed by atoms with Crippen LogP contribution >= 0.6 is 23.2 Å². The highest BCUT2D eigenvalue weighted by Gasteiger charge is 2.09. The third-order valence-corrected chi connectivity index (χ3v) is 3.79. The Morgan fingerprint density at radius 3 is 2.35 bits per heavy atom. The minimum atomic E-state index is -0.290. The van der Waals surface area contributed by atoms with Crippen molar-refractivity contribution in [1.82, 2.24) is 0 Å². The number of rotatable bonds is 5. The molecule has 1 amide bonds. The molecule has 0 fully saturated rings. The first-order valence-corrected chi connectivity index (χ1v) is 7.76. The zero-order valence-corrected chi connectivity index (χ0v) is 13.9. The Morgan fingerprint density at radius 1 is 1.04 bits per heavy atom. The highest BCUT2D eigenvalue weighted by Crippen LogP contribution is 2.23. The largest absolute Gasteiger partial charge is 0.466 e. The van der Waals surface area contributed by atoms with Crippen LogP contribution in [-0.4, -0.2) is 18.5 Å². The average molecular weight is 352 g/mol. The molecule has 0 bridgehead atoms. The van der Waals surface area contributed by atoms with Gasteiger partial charge in [0.15, 0.2) is 0 Å². The number of halogens is 2. The van der Waals surface area contributed by atoms with E-state index in [-0.39, 0.29) is 18.3 Å². The van der Waals surface area contributed by atoms with E-state index in [1.807, 2.05) is 0 Å². The van der Waals surface area contributed by atoms with Crippen LogP contribution < -0.4 is 5.32 Å². The number of benzene rings is 2. The van der Waals surface area contributed by atoms with Crippen molar-refractivity contribution >= 4 is 40.8 Å². The zero-order chi connectivity index (χ0) is 16.8. The number of nitrogens with one attached hydrogen (secondary N) is 1. The lowest BCUT2D eigenvalue weighted by molar-refractivity contribution is -0.142. The van der Waals surface area contributed by atoms with E-state index in [0.29, 0.717) is 27.9 Å². The Kier molecular flexibility index (Phi) is 6.02. The fraction of sp³-hybridized carbons (Fsp3) is 0.176. The van der Waals surface area contributed by atoms with Gasteiger partial charge >= 0.3 is 5.97 Å². The maximum Gasteiger partial charge on any atom is 0.310 e. The van der Waals surface area contributed by atoms with Crippen molar-refractivity contribution in [1.29, 1.82) is 0 Å². The summed E-state index contributed by atoms with van der Waals surface area (Å²) in [6, 6.07) is 11.7. The van der Waals surface area contributed by atoms with Crippen LogP contribution in [0, 0.1) is 0 Å². The maximum atomic E-state index is 12.1. The second-order valence-corrected chi connectivity index (χ2v) is 5.58. The molecule has 0 saturated carbocycles. The van der Waals surface area contributed by atoms with Gasteiger partial charge in [0.25, 0.3) is 5.91 Å². The number of hydrogen-bond acceptors (Lipinski definition) is 3. The first-order chi connectivity index (χ1) is 11.0. The quantitative estimate of drug-likeness (QED) is 0.814. The van der Waals surface area contributed by atoms with Gasteiger partial charge in [-0.05, 0) is 42.8 Å². The van der Waals surface area contributed by atoms with Crippen LogP contribution in [0.5, 0.6) is 0 Å². The number of carbonyl (C=O) groups excluding carboxylic acids is 2. The fourth-order valence-electron chi connectivity index (χ4n) is 1.93. The standard InChI is InChI=1S/C17H15Cl2NO3/c1-2-23-16(21)9-11-3-6-13(7-4-11)20-17(22)12-5-8-14(18)15(19)10-12/h3-8,10H,2,9H2,1H3,(H,20,22). The van der Waals surface area contributed by atoms with E-state index in [9.17, 15) is 9.59 Å². The van der Waals surface area contributed by atoms with Crippen molar-refractivity contribution in [3.63, 3.8) is 0 Å². The molecule has 6 heteroatoms. The molecule has 4 nitrogen and oxygen atoms in total. The molecule has 0 heterocycles. The molecule has 0 spiro atoms. The van der Waals surface area contributed by atoms with Crippen LogP contribution in [0.4, 0.5) is 5.69 Å². The van der Waals surface area contributed by atoms with Gasteiger partial charge in [0, 0.05) is 11.3 Å². The Morgan fingerprint density at radius 2 is 1.74 bits per heavy atom. The molecular weight excluding hydrogens is 337 g/mol. The van der Waals surface area contributed by atoms with Crippen molar-refractivity contribution in [3.8, 4) is 0 Å². The van der Waals surface area contributed by atoms with E-state index in [2.05, 4.69) is 5.32 Å². The number of amides is 1. The van der Waals surface area contributed by atoms with Crippen LogP contribution in [0.25, 0.3) is 0 Å². The number of ether oxygens (including phenoxy) is 1. The van der Waals surface area contributed by atoms with Crippen LogP contribution in [0.1, 0.15) is 22.8 Å². The molecular formula is C17H15Cl2NO3. The Bertz CT molecular complexity index is 714. The number of anilines is 1. The molecule has 23 heavy (non-hydrogen) atoms. The van der Waals surface area contributed by atoms with Crippen molar-refractivity contribution in [2.24, 2.45) is 0 Å². The molecule has 0 aliphatic rings. The minimum absolute atomic E-state index is 0.203. The van der Waals surface area contributed by atoms with Crippen LogP contribution in [0.2, 0.25) is 10.0 Å².